The Morgan fingerprint density at radius 2 is 2.20 bits per heavy atom. The van der Waals surface area contributed by atoms with Crippen molar-refractivity contribution in [3.05, 3.63) is 33.4 Å². The number of allylic oxidation sites excluding steroid dienone is 2. The number of hydrogen-bond donors (Lipinski definition) is 1. The number of carbonyl (C=O) groups excluding carboxylic acids is 1. The van der Waals surface area contributed by atoms with Crippen molar-refractivity contribution >= 4 is 29.7 Å². The van der Waals surface area contributed by atoms with Gasteiger partial charge in [0.15, 0.2) is 0 Å². The molecule has 0 saturated heterocycles. The van der Waals surface area contributed by atoms with Crippen LogP contribution in [0.5, 0.6) is 0 Å². The largest absolute Gasteiger partial charge is 0.454 e. The van der Waals surface area contributed by atoms with Gasteiger partial charge in [0, 0.05) is 17.4 Å². The van der Waals surface area contributed by atoms with Gasteiger partial charge in [-0.1, -0.05) is 6.07 Å². The van der Waals surface area contributed by atoms with Gasteiger partial charge in [-0.3, -0.25) is 4.79 Å². The quantitative estimate of drug-likeness (QED) is 0.645. The molecule has 0 fully saturated rings. The van der Waals surface area contributed by atoms with Crippen molar-refractivity contribution in [1.29, 1.82) is 0 Å². The minimum absolute atomic E-state index is 0.111. The number of hydrogen-bond acceptors (Lipinski definition) is 3. The van der Waals surface area contributed by atoms with Gasteiger partial charge >= 0.3 is 6.18 Å². The van der Waals surface area contributed by atoms with E-state index in [-0.39, 0.29) is 11.3 Å². The molecule has 15 heavy (non-hydrogen) atoms. The summed E-state index contributed by atoms with van der Waals surface area (Å²) < 4.78 is 35.6. The van der Waals surface area contributed by atoms with E-state index >= 15 is 0 Å². The molecule has 0 aliphatic heterocycles. The summed E-state index contributed by atoms with van der Waals surface area (Å²) in [6, 6.07) is 3.55. The monoisotopic (exact) mass is 252 g/mol. The molecule has 0 aliphatic rings. The fourth-order valence-electron chi connectivity index (χ4n) is 0.876. The number of carbonyl (C=O) groups is 1. The third-order valence-electron chi connectivity index (χ3n) is 1.51. The molecule has 1 nitrogen and oxygen atoms in total. The number of halogens is 3. The molecule has 0 atom stereocenters. The molecule has 0 N–H and O–H groups in total. The van der Waals surface area contributed by atoms with Gasteiger partial charge in [-0.15, -0.1) is 24.0 Å². The first kappa shape index (κ1) is 12.3. The molecule has 82 valence electrons. The summed E-state index contributed by atoms with van der Waals surface area (Å²) in [6.45, 7) is 0. The second-order valence-corrected chi connectivity index (χ2v) is 4.36. The van der Waals surface area contributed by atoms with Gasteiger partial charge in [0.25, 0.3) is 5.78 Å². The summed E-state index contributed by atoms with van der Waals surface area (Å²) in [5, 5.41) is 1.81. The second kappa shape index (κ2) is 4.85. The number of alkyl halides is 3. The number of rotatable bonds is 3. The van der Waals surface area contributed by atoms with Gasteiger partial charge in [0.1, 0.15) is 0 Å². The van der Waals surface area contributed by atoms with Crippen LogP contribution >= 0.6 is 24.0 Å². The van der Waals surface area contributed by atoms with E-state index in [2.05, 4.69) is 12.6 Å². The molecule has 0 aliphatic carbocycles. The Bertz CT molecular complexity index is 365. The first-order chi connectivity index (χ1) is 6.89. The van der Waals surface area contributed by atoms with Crippen molar-refractivity contribution < 1.29 is 18.0 Å². The normalized spacial score (nSPS) is 12.9. The summed E-state index contributed by atoms with van der Waals surface area (Å²) in [7, 11) is 0. The number of thiol groups is 1. The lowest BCUT2D eigenvalue weighted by Crippen LogP contribution is -2.20. The standard InChI is InChI=1S/C9H7F3OS2/c10-9(11,12)8(13)5-6(14)4-7-2-1-3-15-7/h1-3,5,14H,4H2/b6-5-. The zero-order chi connectivity index (χ0) is 11.5. The highest BCUT2D eigenvalue weighted by atomic mass is 32.1. The molecular formula is C9H7F3OS2. The average molecular weight is 252 g/mol. The fraction of sp³-hybridized carbons (Fsp3) is 0.222. The molecule has 6 heteroatoms. The van der Waals surface area contributed by atoms with E-state index in [1.54, 1.807) is 12.1 Å². The predicted molar refractivity (Wildman–Crippen MR) is 56.2 cm³/mol. The van der Waals surface area contributed by atoms with Gasteiger partial charge in [-0.2, -0.15) is 13.2 Å². The van der Waals surface area contributed by atoms with Crippen molar-refractivity contribution in [2.75, 3.05) is 0 Å². The number of thiophene rings is 1. The lowest BCUT2D eigenvalue weighted by Gasteiger charge is -2.01. The molecule has 1 aromatic rings. The zero-order valence-corrected chi connectivity index (χ0v) is 9.13. The molecule has 1 rings (SSSR count). The summed E-state index contributed by atoms with van der Waals surface area (Å²) in [5.41, 5.74) is 0. The summed E-state index contributed by atoms with van der Waals surface area (Å²) >= 11 is 5.24. The van der Waals surface area contributed by atoms with Crippen LogP contribution in [0.4, 0.5) is 13.2 Å². The highest BCUT2D eigenvalue weighted by Crippen LogP contribution is 2.21. The molecule has 0 unspecified atom stereocenters. The molecule has 0 spiro atoms. The fourth-order valence-corrected chi connectivity index (χ4v) is 2.00. The maximum absolute atomic E-state index is 11.9. The molecule has 0 radical (unpaired) electrons. The Kier molecular flexibility index (Phi) is 3.98. The first-order valence-electron chi connectivity index (χ1n) is 3.92. The molecule has 0 amide bonds. The van der Waals surface area contributed by atoms with Crippen molar-refractivity contribution in [2.24, 2.45) is 0 Å². The average Bonchev–Trinajstić information content (AvgIpc) is 2.54. The Hall–Kier alpha value is -0.750. The molecule has 1 aromatic heterocycles. The summed E-state index contributed by atoms with van der Waals surface area (Å²) in [5.74, 6) is -1.87. The van der Waals surface area contributed by atoms with Crippen LogP contribution in [-0.4, -0.2) is 12.0 Å². The van der Waals surface area contributed by atoms with Gasteiger partial charge in [-0.05, 0) is 16.4 Å². The highest BCUT2D eigenvalue weighted by Gasteiger charge is 2.36. The lowest BCUT2D eigenvalue weighted by molar-refractivity contribution is -0.165. The smallest absolute Gasteiger partial charge is 0.285 e. The highest BCUT2D eigenvalue weighted by molar-refractivity contribution is 7.84. The topological polar surface area (TPSA) is 17.1 Å². The summed E-state index contributed by atoms with van der Waals surface area (Å²) in [6.07, 6.45) is -4.05. The lowest BCUT2D eigenvalue weighted by atomic mass is 10.2. The Morgan fingerprint density at radius 3 is 2.67 bits per heavy atom. The van der Waals surface area contributed by atoms with Crippen LogP contribution in [0.2, 0.25) is 0 Å². The van der Waals surface area contributed by atoms with Crippen LogP contribution in [0.1, 0.15) is 4.88 Å². The minimum Gasteiger partial charge on any atom is -0.285 e. The second-order valence-electron chi connectivity index (χ2n) is 2.75. The van der Waals surface area contributed by atoms with E-state index in [0.29, 0.717) is 6.08 Å². The maximum atomic E-state index is 11.9. The Morgan fingerprint density at radius 1 is 1.53 bits per heavy atom. The van der Waals surface area contributed by atoms with Crippen LogP contribution in [0.3, 0.4) is 0 Å². The van der Waals surface area contributed by atoms with Crippen LogP contribution in [0.15, 0.2) is 28.5 Å². The maximum Gasteiger partial charge on any atom is 0.454 e. The SMILES string of the molecule is O=C(/C=C(\S)Cc1cccs1)C(F)(F)F. The van der Waals surface area contributed by atoms with E-state index in [1.165, 1.54) is 11.3 Å². The van der Waals surface area contributed by atoms with Crippen molar-refractivity contribution in [1.82, 2.24) is 0 Å². The van der Waals surface area contributed by atoms with Crippen LogP contribution in [-0.2, 0) is 11.2 Å². The molecule has 0 bridgehead atoms. The molecule has 0 saturated carbocycles. The number of ketones is 1. The van der Waals surface area contributed by atoms with E-state index in [9.17, 15) is 18.0 Å². The van der Waals surface area contributed by atoms with Gasteiger partial charge < -0.3 is 0 Å². The zero-order valence-electron chi connectivity index (χ0n) is 7.41. The predicted octanol–water partition coefficient (Wildman–Crippen LogP) is 3.24. The van der Waals surface area contributed by atoms with E-state index in [4.69, 9.17) is 0 Å². The minimum atomic E-state index is -4.82. The van der Waals surface area contributed by atoms with E-state index < -0.39 is 12.0 Å². The third kappa shape index (κ3) is 4.09. The van der Waals surface area contributed by atoms with Crippen molar-refractivity contribution in [3.63, 3.8) is 0 Å². The first-order valence-corrected chi connectivity index (χ1v) is 5.25. The van der Waals surface area contributed by atoms with Crippen LogP contribution < -0.4 is 0 Å². The van der Waals surface area contributed by atoms with Crippen LogP contribution in [0, 0.1) is 0 Å². The summed E-state index contributed by atoms with van der Waals surface area (Å²) in [4.78, 5) is 11.5. The van der Waals surface area contributed by atoms with Gasteiger partial charge in [-0.25, -0.2) is 0 Å². The van der Waals surface area contributed by atoms with Crippen LogP contribution in [0.25, 0.3) is 0 Å². The Labute approximate surface area is 94.0 Å². The molecule has 0 aromatic carbocycles. The van der Waals surface area contributed by atoms with Gasteiger partial charge in [0.2, 0.25) is 0 Å². The molecular weight excluding hydrogens is 245 g/mol. The van der Waals surface area contributed by atoms with Gasteiger partial charge in [0.05, 0.1) is 0 Å². The van der Waals surface area contributed by atoms with Crippen molar-refractivity contribution in [2.45, 2.75) is 12.6 Å². The van der Waals surface area contributed by atoms with E-state index in [0.717, 1.165) is 4.88 Å². The third-order valence-corrected chi connectivity index (χ3v) is 2.68. The Balaban J connectivity index is 2.65. The van der Waals surface area contributed by atoms with Crippen molar-refractivity contribution in [3.8, 4) is 0 Å². The molecule has 1 heterocycles. The van der Waals surface area contributed by atoms with E-state index in [1.807, 2.05) is 5.38 Å².